The molecule has 0 aromatic rings. The summed E-state index contributed by atoms with van der Waals surface area (Å²) in [6.07, 6.45) is 9.12. The van der Waals surface area contributed by atoms with Crippen molar-refractivity contribution in [1.29, 1.82) is 0 Å². The first-order valence-electron chi connectivity index (χ1n) is 14.8. The van der Waals surface area contributed by atoms with E-state index in [0.717, 1.165) is 25.7 Å². The fourth-order valence-electron chi connectivity index (χ4n) is 6.47. The van der Waals surface area contributed by atoms with Crippen LogP contribution in [0.25, 0.3) is 0 Å². The van der Waals surface area contributed by atoms with E-state index in [4.69, 9.17) is 10.2 Å². The van der Waals surface area contributed by atoms with Crippen molar-refractivity contribution in [2.24, 2.45) is 11.8 Å². The number of hydrogen-bond acceptors (Lipinski definition) is 6. The second-order valence-corrected chi connectivity index (χ2v) is 18.4. The minimum atomic E-state index is -0.752. The van der Waals surface area contributed by atoms with Gasteiger partial charge in [-0.05, 0) is 92.9 Å². The third-order valence-electron chi connectivity index (χ3n) is 7.79. The summed E-state index contributed by atoms with van der Waals surface area (Å²) in [6, 6.07) is 0. The van der Waals surface area contributed by atoms with Crippen LogP contribution in [0.2, 0.25) is 8.87 Å². The molecule has 0 aromatic heterocycles. The molecule has 0 atom stereocenters. The number of nitrogens with zero attached hydrogens (tertiary/aromatic N) is 2. The Balaban J connectivity index is 0.000000576. The predicted octanol–water partition coefficient (Wildman–Crippen LogP) is 7.37. The first-order chi connectivity index (χ1) is 17.7. The summed E-state index contributed by atoms with van der Waals surface area (Å²) in [4.78, 5) is 21.4. The SMILES string of the molecule is CC1(C)CC(CC(=O)O)CC(C)(C)N1O.CC1(C)CC(CC(=O)O)CC(C)(C)N1O.CCC[CH2][Sn][CH2]CCC. The fraction of sp³-hybridized carbons (Fsp3) is 0.933. The molecule has 2 rings (SSSR count). The molecule has 0 aliphatic carbocycles. The maximum absolute atomic E-state index is 10.7. The zero-order valence-corrected chi connectivity index (χ0v) is 29.5. The summed E-state index contributed by atoms with van der Waals surface area (Å²) in [5, 5.41) is 40.3. The number of unbranched alkanes of at least 4 members (excludes halogenated alkanes) is 2. The Morgan fingerprint density at radius 1 is 0.641 bits per heavy atom. The number of hydrogen-bond donors (Lipinski definition) is 4. The Hall–Kier alpha value is -0.421. The van der Waals surface area contributed by atoms with Gasteiger partial charge in [-0.3, -0.25) is 9.59 Å². The topological polar surface area (TPSA) is 122 Å². The van der Waals surface area contributed by atoms with E-state index in [0.29, 0.717) is 0 Å². The third-order valence-corrected chi connectivity index (χ3v) is 11.8. The second-order valence-electron chi connectivity index (χ2n) is 14.1. The Morgan fingerprint density at radius 3 is 1.10 bits per heavy atom. The number of piperidine rings is 2. The molecule has 0 saturated carbocycles. The van der Waals surface area contributed by atoms with Crippen molar-refractivity contribution in [2.75, 3.05) is 0 Å². The van der Waals surface area contributed by atoms with Crippen LogP contribution in [0.4, 0.5) is 0 Å². The maximum atomic E-state index is 10.7. The van der Waals surface area contributed by atoms with Gasteiger partial charge in [0.15, 0.2) is 0 Å². The van der Waals surface area contributed by atoms with E-state index in [2.05, 4.69) is 13.8 Å². The van der Waals surface area contributed by atoms with Crippen molar-refractivity contribution in [3.05, 3.63) is 0 Å². The average molecular weight is 664 g/mol. The number of carbonyl (C=O) groups is 2. The van der Waals surface area contributed by atoms with Crippen LogP contribution < -0.4 is 0 Å². The fourth-order valence-corrected chi connectivity index (χ4v) is 10.6. The van der Waals surface area contributed by atoms with E-state index < -0.39 is 11.9 Å². The number of carboxylic acid groups (broad SMARTS) is 2. The van der Waals surface area contributed by atoms with E-state index in [9.17, 15) is 20.0 Å². The number of aliphatic carboxylic acids is 2. The average Bonchev–Trinajstić information content (AvgIpc) is 2.75. The molecule has 0 bridgehead atoms. The molecule has 8 nitrogen and oxygen atoms in total. The Bertz CT molecular complexity index is 645. The first kappa shape index (κ1) is 38.6. The molecule has 0 unspecified atom stereocenters. The molecule has 0 amide bonds. The zero-order valence-electron chi connectivity index (χ0n) is 26.6. The van der Waals surface area contributed by atoms with Crippen molar-refractivity contribution in [3.8, 4) is 0 Å². The van der Waals surface area contributed by atoms with Gasteiger partial charge in [0.05, 0.1) is 0 Å². The second kappa shape index (κ2) is 16.9. The molecule has 9 heteroatoms. The van der Waals surface area contributed by atoms with Crippen molar-refractivity contribution < 1.29 is 30.2 Å². The molecule has 0 spiro atoms. The van der Waals surface area contributed by atoms with Crippen LogP contribution in [0, 0.1) is 11.8 Å². The van der Waals surface area contributed by atoms with E-state index in [1.54, 1.807) is 8.87 Å². The number of hydroxylamine groups is 4. The summed E-state index contributed by atoms with van der Waals surface area (Å²) in [6.45, 7) is 20.2. The van der Waals surface area contributed by atoms with Gasteiger partial charge < -0.3 is 20.6 Å². The van der Waals surface area contributed by atoms with E-state index in [-0.39, 0.29) is 68.0 Å². The van der Waals surface area contributed by atoms with Gasteiger partial charge in [-0.2, -0.15) is 10.1 Å². The van der Waals surface area contributed by atoms with Gasteiger partial charge in [-0.25, -0.2) is 0 Å². The van der Waals surface area contributed by atoms with E-state index >= 15 is 0 Å². The molecule has 2 saturated heterocycles. The third kappa shape index (κ3) is 14.3. The summed E-state index contributed by atoms with van der Waals surface area (Å²) >= 11 is 0.149. The monoisotopic (exact) mass is 664 g/mol. The summed E-state index contributed by atoms with van der Waals surface area (Å²) < 4.78 is 3.25. The van der Waals surface area contributed by atoms with Gasteiger partial charge in [0.2, 0.25) is 0 Å². The van der Waals surface area contributed by atoms with Crippen LogP contribution in [0.1, 0.15) is 133 Å². The van der Waals surface area contributed by atoms with Crippen molar-refractivity contribution in [3.63, 3.8) is 0 Å². The predicted molar refractivity (Wildman–Crippen MR) is 159 cm³/mol. The zero-order chi connectivity index (χ0) is 30.7. The first-order valence-corrected chi connectivity index (χ1v) is 18.9. The van der Waals surface area contributed by atoms with Crippen LogP contribution >= 0.6 is 0 Å². The molecule has 230 valence electrons. The van der Waals surface area contributed by atoms with Gasteiger partial charge in [0.25, 0.3) is 0 Å². The number of rotatable bonds is 10. The van der Waals surface area contributed by atoms with E-state index in [1.807, 2.05) is 55.4 Å². The van der Waals surface area contributed by atoms with Crippen LogP contribution in [-0.2, 0) is 9.59 Å². The molecule has 2 aliphatic rings. The van der Waals surface area contributed by atoms with Gasteiger partial charge in [-0.15, -0.1) is 0 Å². The van der Waals surface area contributed by atoms with Crippen molar-refractivity contribution in [2.45, 2.75) is 164 Å². The minimum absolute atomic E-state index is 0.149. The quantitative estimate of drug-likeness (QED) is 0.141. The molecule has 2 fully saturated rings. The molecular formula is C30H60N2O6Sn. The Labute approximate surface area is 249 Å². The Morgan fingerprint density at radius 2 is 0.897 bits per heavy atom. The van der Waals surface area contributed by atoms with Crippen LogP contribution in [0.15, 0.2) is 0 Å². The van der Waals surface area contributed by atoms with Crippen LogP contribution in [0.3, 0.4) is 0 Å². The van der Waals surface area contributed by atoms with Crippen LogP contribution in [0.5, 0.6) is 0 Å². The summed E-state index contributed by atoms with van der Waals surface area (Å²) in [7, 11) is 0. The van der Waals surface area contributed by atoms with Gasteiger partial charge >= 0.3 is 81.5 Å². The molecule has 0 aromatic carbocycles. The molecule has 2 aliphatic heterocycles. The van der Waals surface area contributed by atoms with E-state index in [1.165, 1.54) is 35.8 Å². The molecular weight excluding hydrogens is 603 g/mol. The Kier molecular flexibility index (Phi) is 16.7. The van der Waals surface area contributed by atoms with Gasteiger partial charge in [0, 0.05) is 35.0 Å². The number of carboxylic acids is 2. The summed E-state index contributed by atoms with van der Waals surface area (Å²) in [5.74, 6) is -1.21. The van der Waals surface area contributed by atoms with Gasteiger partial charge in [-0.1, -0.05) is 0 Å². The summed E-state index contributed by atoms with van der Waals surface area (Å²) in [5.41, 5.74) is -1.38. The standard InChI is InChI=1S/2C11H21NO3.2C4H9.Sn/c2*1-10(2)6-8(5-9(13)14)7-11(3,4)12(10)15;2*1-3-4-2;/h2*8,15H,5-7H2,1-4H3,(H,13,14);2*1,3-4H2,2H3;. The molecule has 2 heterocycles. The molecule has 2 radical (unpaired) electrons. The normalized spacial score (nSPS) is 22.7. The van der Waals surface area contributed by atoms with Crippen LogP contribution in [-0.4, -0.2) is 86.0 Å². The van der Waals surface area contributed by atoms with Crippen molar-refractivity contribution in [1.82, 2.24) is 10.1 Å². The van der Waals surface area contributed by atoms with Crippen molar-refractivity contribution >= 4 is 33.1 Å². The molecule has 39 heavy (non-hydrogen) atoms. The molecule has 4 N–H and O–H groups in total. The van der Waals surface area contributed by atoms with Gasteiger partial charge in [0.1, 0.15) is 0 Å².